The lowest BCUT2D eigenvalue weighted by Gasteiger charge is -2.07. The molecule has 0 aliphatic heterocycles. The van der Waals surface area contributed by atoms with Crippen molar-refractivity contribution < 1.29 is 13.2 Å². The quantitative estimate of drug-likeness (QED) is 0.795. The van der Waals surface area contributed by atoms with Crippen LogP contribution in [-0.2, 0) is 10.0 Å². The molecule has 1 rings (SSSR count). The fourth-order valence-electron chi connectivity index (χ4n) is 1.15. The number of sulfonamides is 1. The van der Waals surface area contributed by atoms with E-state index in [1.807, 2.05) is 4.72 Å². The zero-order valence-electron chi connectivity index (χ0n) is 9.53. The van der Waals surface area contributed by atoms with Gasteiger partial charge >= 0.3 is 0 Å². The van der Waals surface area contributed by atoms with Gasteiger partial charge in [0.2, 0.25) is 10.0 Å². The number of carbonyl (C=O) groups excluding carboxylic acids is 1. The van der Waals surface area contributed by atoms with Crippen molar-refractivity contribution in [1.29, 1.82) is 0 Å². The molecule has 1 aromatic heterocycles. The average molecular weight is 243 g/mol. The highest BCUT2D eigenvalue weighted by molar-refractivity contribution is 7.89. The van der Waals surface area contributed by atoms with Crippen LogP contribution >= 0.6 is 0 Å². The summed E-state index contributed by atoms with van der Waals surface area (Å²) in [4.78, 5) is 19.7. The topological polar surface area (TPSA) is 89.0 Å². The van der Waals surface area contributed by atoms with Crippen LogP contribution in [0.2, 0.25) is 0 Å². The minimum atomic E-state index is -3.58. The van der Waals surface area contributed by atoms with Crippen molar-refractivity contribution in [3.05, 3.63) is 22.8 Å². The fraction of sp³-hybridized carbons (Fsp3) is 0.444. The van der Waals surface area contributed by atoms with E-state index in [4.69, 9.17) is 0 Å². The molecule has 0 aromatic carbocycles. The fourth-order valence-corrected chi connectivity index (χ4v) is 1.58. The normalized spacial score (nSPS) is 11.2. The highest BCUT2D eigenvalue weighted by Crippen LogP contribution is 2.07. The van der Waals surface area contributed by atoms with E-state index in [-0.39, 0.29) is 5.69 Å². The summed E-state index contributed by atoms with van der Waals surface area (Å²) in [6.07, 6.45) is 0.911. The minimum Gasteiger partial charge on any atom is -0.266 e. The van der Waals surface area contributed by atoms with Crippen molar-refractivity contribution in [3.8, 4) is 0 Å². The van der Waals surface area contributed by atoms with Gasteiger partial charge in [-0.1, -0.05) is 0 Å². The molecular formula is C9H13N3O3S. The van der Waals surface area contributed by atoms with E-state index in [9.17, 15) is 13.2 Å². The standard InChI is InChI=1S/C9H13N3O3S/c1-5-6(2)11-8(7(3)10-5)9(13)12-16(4,14)15/h1-4H3,(H,12,13). The van der Waals surface area contributed by atoms with Gasteiger partial charge in [-0.15, -0.1) is 0 Å². The van der Waals surface area contributed by atoms with Crippen molar-refractivity contribution in [2.45, 2.75) is 20.8 Å². The summed E-state index contributed by atoms with van der Waals surface area (Å²) in [6.45, 7) is 5.09. The Hall–Kier alpha value is -1.50. The van der Waals surface area contributed by atoms with Crippen molar-refractivity contribution in [1.82, 2.24) is 14.7 Å². The molecule has 1 heterocycles. The molecule has 1 aromatic rings. The van der Waals surface area contributed by atoms with Crippen LogP contribution in [-0.4, -0.2) is 30.5 Å². The van der Waals surface area contributed by atoms with Crippen molar-refractivity contribution >= 4 is 15.9 Å². The van der Waals surface area contributed by atoms with Crippen LogP contribution in [0.4, 0.5) is 0 Å². The lowest BCUT2D eigenvalue weighted by molar-refractivity contribution is 0.0975. The summed E-state index contributed by atoms with van der Waals surface area (Å²) in [7, 11) is -3.58. The number of nitrogens with one attached hydrogen (secondary N) is 1. The smallest absolute Gasteiger partial charge is 0.266 e. The molecule has 0 fully saturated rings. The minimum absolute atomic E-state index is 0.0357. The molecule has 0 saturated carbocycles. The number of hydrogen-bond donors (Lipinski definition) is 1. The van der Waals surface area contributed by atoms with E-state index >= 15 is 0 Å². The predicted octanol–water partition coefficient (Wildman–Crippen LogP) is 0.0913. The third kappa shape index (κ3) is 2.99. The number of aryl methyl sites for hydroxylation is 3. The molecule has 88 valence electrons. The molecular weight excluding hydrogens is 230 g/mol. The molecule has 1 amide bonds. The van der Waals surface area contributed by atoms with E-state index in [1.165, 1.54) is 0 Å². The van der Waals surface area contributed by atoms with Crippen molar-refractivity contribution in [3.63, 3.8) is 0 Å². The van der Waals surface area contributed by atoms with Gasteiger partial charge in [0, 0.05) is 0 Å². The monoisotopic (exact) mass is 243 g/mol. The Morgan fingerprint density at radius 3 is 2.06 bits per heavy atom. The van der Waals surface area contributed by atoms with Gasteiger partial charge in [0.05, 0.1) is 23.3 Å². The first-order valence-corrected chi connectivity index (χ1v) is 6.44. The van der Waals surface area contributed by atoms with E-state index in [0.29, 0.717) is 17.1 Å². The molecule has 0 radical (unpaired) electrons. The second-order valence-electron chi connectivity index (χ2n) is 3.53. The number of amides is 1. The summed E-state index contributed by atoms with van der Waals surface area (Å²) in [5, 5.41) is 0. The lowest BCUT2D eigenvalue weighted by atomic mass is 10.2. The maximum atomic E-state index is 11.6. The van der Waals surface area contributed by atoms with Gasteiger partial charge in [-0.2, -0.15) is 0 Å². The third-order valence-corrected chi connectivity index (χ3v) is 2.53. The summed E-state index contributed by atoms with van der Waals surface area (Å²) in [5.74, 6) is -0.754. The van der Waals surface area contributed by atoms with Gasteiger partial charge in [0.1, 0.15) is 0 Å². The Morgan fingerprint density at radius 2 is 1.56 bits per heavy atom. The number of hydrogen-bond acceptors (Lipinski definition) is 5. The molecule has 0 aliphatic carbocycles. The van der Waals surface area contributed by atoms with E-state index in [1.54, 1.807) is 20.8 Å². The molecule has 1 N–H and O–H groups in total. The molecule has 16 heavy (non-hydrogen) atoms. The Bertz CT molecular complexity index is 537. The summed E-state index contributed by atoms with van der Waals surface area (Å²) < 4.78 is 23.6. The predicted molar refractivity (Wildman–Crippen MR) is 58.6 cm³/mol. The number of nitrogens with zero attached hydrogens (tertiary/aromatic N) is 2. The van der Waals surface area contributed by atoms with Gasteiger partial charge in [0.15, 0.2) is 5.69 Å². The lowest BCUT2D eigenvalue weighted by Crippen LogP contribution is -2.31. The SMILES string of the molecule is Cc1nc(C)c(C(=O)NS(C)(=O)=O)nc1C. The first kappa shape index (κ1) is 12.6. The number of carbonyl (C=O) groups is 1. The van der Waals surface area contributed by atoms with Gasteiger partial charge in [-0.25, -0.2) is 18.1 Å². The van der Waals surface area contributed by atoms with Crippen molar-refractivity contribution in [2.75, 3.05) is 6.26 Å². The van der Waals surface area contributed by atoms with Crippen LogP contribution in [0.15, 0.2) is 0 Å². The number of aromatic nitrogens is 2. The van der Waals surface area contributed by atoms with Gasteiger partial charge < -0.3 is 0 Å². The Morgan fingerprint density at radius 1 is 1.06 bits per heavy atom. The van der Waals surface area contributed by atoms with Crippen LogP contribution < -0.4 is 4.72 Å². The summed E-state index contributed by atoms with van der Waals surface area (Å²) in [6, 6.07) is 0. The van der Waals surface area contributed by atoms with Gasteiger partial charge in [-0.3, -0.25) is 9.78 Å². The molecule has 0 saturated heterocycles. The molecule has 0 aliphatic rings. The van der Waals surface area contributed by atoms with Crippen LogP contribution in [0, 0.1) is 20.8 Å². The average Bonchev–Trinajstić information content (AvgIpc) is 2.08. The maximum absolute atomic E-state index is 11.6. The van der Waals surface area contributed by atoms with E-state index in [0.717, 1.165) is 6.26 Å². The Kier molecular flexibility index (Phi) is 3.27. The second-order valence-corrected chi connectivity index (χ2v) is 5.28. The Balaban J connectivity index is 3.15. The molecule has 7 heteroatoms. The second kappa shape index (κ2) is 4.17. The molecule has 0 bridgehead atoms. The van der Waals surface area contributed by atoms with Crippen LogP contribution in [0.1, 0.15) is 27.6 Å². The highest BCUT2D eigenvalue weighted by Gasteiger charge is 2.16. The van der Waals surface area contributed by atoms with Gasteiger partial charge in [0.25, 0.3) is 5.91 Å². The third-order valence-electron chi connectivity index (χ3n) is 1.97. The van der Waals surface area contributed by atoms with Crippen LogP contribution in [0.5, 0.6) is 0 Å². The molecule has 6 nitrogen and oxygen atoms in total. The van der Waals surface area contributed by atoms with Gasteiger partial charge in [-0.05, 0) is 20.8 Å². The van der Waals surface area contributed by atoms with Crippen molar-refractivity contribution in [2.24, 2.45) is 0 Å². The maximum Gasteiger partial charge on any atom is 0.285 e. The molecule has 0 unspecified atom stereocenters. The Labute approximate surface area is 94.2 Å². The van der Waals surface area contributed by atoms with Crippen LogP contribution in [0.25, 0.3) is 0 Å². The summed E-state index contributed by atoms with van der Waals surface area (Å²) >= 11 is 0. The molecule has 0 spiro atoms. The first-order chi connectivity index (χ1) is 7.20. The first-order valence-electron chi connectivity index (χ1n) is 4.54. The zero-order valence-corrected chi connectivity index (χ0v) is 10.3. The highest BCUT2D eigenvalue weighted by atomic mass is 32.2. The zero-order chi connectivity index (χ0) is 12.5. The van der Waals surface area contributed by atoms with E-state index in [2.05, 4.69) is 9.97 Å². The summed E-state index contributed by atoms with van der Waals surface area (Å²) in [5.41, 5.74) is 1.76. The van der Waals surface area contributed by atoms with E-state index < -0.39 is 15.9 Å². The number of rotatable bonds is 2. The largest absolute Gasteiger partial charge is 0.285 e. The van der Waals surface area contributed by atoms with Crippen LogP contribution in [0.3, 0.4) is 0 Å². The molecule has 0 atom stereocenters.